The summed E-state index contributed by atoms with van der Waals surface area (Å²) in [7, 11) is 0. The first-order chi connectivity index (χ1) is 7.29. The Hall–Kier alpha value is -0.970. The first-order valence-electron chi connectivity index (χ1n) is 4.56. The summed E-state index contributed by atoms with van der Waals surface area (Å²) in [6.07, 6.45) is 3.58. The Morgan fingerprint density at radius 2 is 1.56 bits per heavy atom. The smallest absolute Gasteiger partial charge is 0.141 e. The molecular formula is C11H11BrClN3. The Labute approximate surface area is 109 Å². The third-order valence-corrected chi connectivity index (χ3v) is 2.59. The average Bonchev–Trinajstić information content (AvgIpc) is 2.30. The number of halogens is 2. The number of benzene rings is 1. The van der Waals surface area contributed by atoms with Crippen molar-refractivity contribution in [3.05, 3.63) is 47.0 Å². The molecule has 0 saturated carbocycles. The van der Waals surface area contributed by atoms with Crippen LogP contribution < -0.4 is 5.73 Å². The Kier molecular flexibility index (Phi) is 4.86. The van der Waals surface area contributed by atoms with E-state index in [4.69, 9.17) is 5.73 Å². The zero-order valence-corrected chi connectivity index (χ0v) is 10.8. The minimum Gasteiger partial charge on any atom is -0.324 e. The number of nitrogens with zero attached hydrogens (tertiary/aromatic N) is 2. The number of hydrogen-bond donors (Lipinski definition) is 1. The molecule has 3 nitrogen and oxygen atoms in total. The summed E-state index contributed by atoms with van der Waals surface area (Å²) in [6, 6.07) is 8.02. The predicted molar refractivity (Wildman–Crippen MR) is 70.3 cm³/mol. The number of rotatable bonds is 2. The largest absolute Gasteiger partial charge is 0.324 e. The second-order valence-corrected chi connectivity index (χ2v) is 4.01. The van der Waals surface area contributed by atoms with Crippen LogP contribution in [0.3, 0.4) is 0 Å². The van der Waals surface area contributed by atoms with Crippen molar-refractivity contribution in [2.24, 2.45) is 5.73 Å². The molecule has 0 amide bonds. The van der Waals surface area contributed by atoms with Gasteiger partial charge in [0.05, 0.1) is 6.54 Å². The summed E-state index contributed by atoms with van der Waals surface area (Å²) in [6.45, 7) is 0.376. The van der Waals surface area contributed by atoms with Crippen LogP contribution >= 0.6 is 28.3 Å². The molecule has 0 radical (unpaired) electrons. The van der Waals surface area contributed by atoms with Gasteiger partial charge in [-0.05, 0) is 17.7 Å². The summed E-state index contributed by atoms with van der Waals surface area (Å²) >= 11 is 3.39. The molecule has 5 heteroatoms. The number of aromatic nitrogens is 2. The second-order valence-electron chi connectivity index (χ2n) is 3.10. The van der Waals surface area contributed by atoms with Gasteiger partial charge < -0.3 is 5.73 Å². The van der Waals surface area contributed by atoms with Gasteiger partial charge in [-0.2, -0.15) is 0 Å². The van der Waals surface area contributed by atoms with Crippen LogP contribution in [-0.4, -0.2) is 9.97 Å². The van der Waals surface area contributed by atoms with Gasteiger partial charge in [-0.25, -0.2) is 9.97 Å². The maximum absolute atomic E-state index is 5.43. The topological polar surface area (TPSA) is 51.8 Å². The molecule has 0 unspecified atom stereocenters. The minimum atomic E-state index is 0. The maximum Gasteiger partial charge on any atom is 0.141 e. The lowest BCUT2D eigenvalue weighted by atomic mass is 10.1. The monoisotopic (exact) mass is 299 g/mol. The zero-order chi connectivity index (χ0) is 10.7. The highest BCUT2D eigenvalue weighted by atomic mass is 79.9. The summed E-state index contributed by atoms with van der Waals surface area (Å²) in [5.41, 5.74) is 7.53. The van der Waals surface area contributed by atoms with Crippen LogP contribution in [0, 0.1) is 0 Å². The highest BCUT2D eigenvalue weighted by Gasteiger charge is 1.99. The Balaban J connectivity index is 0.00000128. The molecule has 0 bridgehead atoms. The van der Waals surface area contributed by atoms with E-state index in [0.717, 1.165) is 15.6 Å². The Morgan fingerprint density at radius 1 is 1.00 bits per heavy atom. The summed E-state index contributed by atoms with van der Waals surface area (Å²) in [5, 5.41) is 0. The normalized spacial score (nSPS) is 9.62. The fourth-order valence-corrected chi connectivity index (χ4v) is 1.52. The quantitative estimate of drug-likeness (QED) is 0.928. The first-order valence-corrected chi connectivity index (χ1v) is 5.36. The van der Waals surface area contributed by atoms with E-state index >= 15 is 0 Å². The average molecular weight is 301 g/mol. The van der Waals surface area contributed by atoms with Crippen molar-refractivity contribution < 1.29 is 0 Å². The van der Waals surface area contributed by atoms with E-state index in [1.165, 1.54) is 0 Å². The van der Waals surface area contributed by atoms with Crippen LogP contribution in [0.5, 0.6) is 0 Å². The molecule has 1 aromatic heterocycles. The predicted octanol–water partition coefficient (Wildman–Crippen LogP) is 2.79. The van der Waals surface area contributed by atoms with Gasteiger partial charge in [-0.3, -0.25) is 0 Å². The van der Waals surface area contributed by atoms with E-state index in [9.17, 15) is 0 Å². The van der Waals surface area contributed by atoms with Crippen molar-refractivity contribution in [2.45, 2.75) is 6.54 Å². The van der Waals surface area contributed by atoms with Crippen molar-refractivity contribution in [2.75, 3.05) is 0 Å². The first kappa shape index (κ1) is 13.1. The van der Waals surface area contributed by atoms with Gasteiger partial charge >= 0.3 is 0 Å². The van der Waals surface area contributed by atoms with Crippen molar-refractivity contribution in [3.8, 4) is 11.1 Å². The van der Waals surface area contributed by atoms with Gasteiger partial charge in [0.15, 0.2) is 0 Å². The number of nitrogens with two attached hydrogens (primary N) is 1. The van der Waals surface area contributed by atoms with Crippen LogP contribution in [-0.2, 0) is 6.54 Å². The SMILES string of the molecule is Cl.NCc1ncc(-c2ccc(Br)cc2)cn1. The lowest BCUT2D eigenvalue weighted by molar-refractivity contribution is 0.910. The summed E-state index contributed by atoms with van der Waals surface area (Å²) in [5.74, 6) is 0.663. The van der Waals surface area contributed by atoms with Gasteiger partial charge in [0.1, 0.15) is 5.82 Å². The van der Waals surface area contributed by atoms with Crippen LogP contribution in [0.1, 0.15) is 5.82 Å². The van der Waals surface area contributed by atoms with Crippen LogP contribution in [0.2, 0.25) is 0 Å². The lowest BCUT2D eigenvalue weighted by Gasteiger charge is -2.01. The van der Waals surface area contributed by atoms with Gasteiger partial charge in [0.2, 0.25) is 0 Å². The summed E-state index contributed by atoms with van der Waals surface area (Å²) < 4.78 is 1.06. The van der Waals surface area contributed by atoms with Crippen molar-refractivity contribution in [1.29, 1.82) is 0 Å². The lowest BCUT2D eigenvalue weighted by Crippen LogP contribution is -2.01. The third kappa shape index (κ3) is 3.01. The molecule has 0 aliphatic rings. The van der Waals surface area contributed by atoms with E-state index in [2.05, 4.69) is 25.9 Å². The van der Waals surface area contributed by atoms with E-state index in [0.29, 0.717) is 12.4 Å². The standard InChI is InChI=1S/C11H10BrN3.ClH/c12-10-3-1-8(2-4-10)9-6-14-11(5-13)15-7-9;/h1-4,6-7H,5,13H2;1H. The molecule has 0 fully saturated rings. The molecule has 0 atom stereocenters. The van der Waals surface area contributed by atoms with Gasteiger partial charge in [0, 0.05) is 22.4 Å². The molecule has 1 heterocycles. The van der Waals surface area contributed by atoms with E-state index in [1.807, 2.05) is 24.3 Å². The molecule has 0 spiro atoms. The van der Waals surface area contributed by atoms with Crippen LogP contribution in [0.25, 0.3) is 11.1 Å². The zero-order valence-electron chi connectivity index (χ0n) is 8.43. The Bertz CT molecular complexity index is 442. The Morgan fingerprint density at radius 3 is 2.06 bits per heavy atom. The van der Waals surface area contributed by atoms with Crippen LogP contribution in [0.4, 0.5) is 0 Å². The number of hydrogen-bond acceptors (Lipinski definition) is 3. The molecule has 2 aromatic rings. The maximum atomic E-state index is 5.43. The minimum absolute atomic E-state index is 0. The molecule has 1 aromatic carbocycles. The third-order valence-electron chi connectivity index (χ3n) is 2.07. The van der Waals surface area contributed by atoms with Gasteiger partial charge in [-0.15, -0.1) is 12.4 Å². The van der Waals surface area contributed by atoms with Crippen molar-refractivity contribution in [1.82, 2.24) is 9.97 Å². The fourth-order valence-electron chi connectivity index (χ4n) is 1.25. The highest BCUT2D eigenvalue weighted by Crippen LogP contribution is 2.20. The highest BCUT2D eigenvalue weighted by molar-refractivity contribution is 9.10. The van der Waals surface area contributed by atoms with Crippen molar-refractivity contribution >= 4 is 28.3 Å². The molecule has 0 saturated heterocycles. The van der Waals surface area contributed by atoms with E-state index < -0.39 is 0 Å². The molecule has 2 N–H and O–H groups in total. The molecule has 0 aliphatic heterocycles. The van der Waals surface area contributed by atoms with Crippen molar-refractivity contribution in [3.63, 3.8) is 0 Å². The molecular weight excluding hydrogens is 289 g/mol. The van der Waals surface area contributed by atoms with Crippen LogP contribution in [0.15, 0.2) is 41.1 Å². The molecule has 16 heavy (non-hydrogen) atoms. The van der Waals surface area contributed by atoms with E-state index in [-0.39, 0.29) is 12.4 Å². The van der Waals surface area contributed by atoms with E-state index in [1.54, 1.807) is 12.4 Å². The van der Waals surface area contributed by atoms with Gasteiger partial charge in [0.25, 0.3) is 0 Å². The molecule has 0 aliphatic carbocycles. The second kappa shape index (κ2) is 5.94. The van der Waals surface area contributed by atoms with Gasteiger partial charge in [-0.1, -0.05) is 28.1 Å². The molecule has 84 valence electrons. The molecule has 2 rings (SSSR count). The fraction of sp³-hybridized carbons (Fsp3) is 0.0909. The summed E-state index contributed by atoms with van der Waals surface area (Å²) in [4.78, 5) is 8.30.